The maximum atomic E-state index is 12.7. The van der Waals surface area contributed by atoms with Crippen LogP contribution in [0.2, 0.25) is 0 Å². The van der Waals surface area contributed by atoms with Gasteiger partial charge in [0.1, 0.15) is 18.1 Å². The lowest BCUT2D eigenvalue weighted by Gasteiger charge is -2.24. The summed E-state index contributed by atoms with van der Waals surface area (Å²) in [7, 11) is 0. The highest BCUT2D eigenvalue weighted by Crippen LogP contribution is 2.03. The van der Waals surface area contributed by atoms with Crippen LogP contribution in [0.15, 0.2) is 4.99 Å². The predicted octanol–water partition coefficient (Wildman–Crippen LogP) is -5.75. The van der Waals surface area contributed by atoms with Crippen molar-refractivity contribution in [2.24, 2.45) is 27.9 Å². The van der Waals surface area contributed by atoms with Gasteiger partial charge in [0, 0.05) is 6.54 Å². The number of aliphatic imine (C=N–C) groups is 1. The fraction of sp³-hybridized carbons (Fsp3) is 0.588. The van der Waals surface area contributed by atoms with E-state index in [2.05, 4.69) is 15.6 Å². The highest BCUT2D eigenvalue weighted by Gasteiger charge is 2.31. The number of carbonyl (C=O) groups excluding carboxylic acids is 4. The van der Waals surface area contributed by atoms with E-state index in [1.54, 1.807) is 0 Å². The molecule has 0 radical (unpaired) electrons. The van der Waals surface area contributed by atoms with E-state index in [4.69, 9.17) is 38.3 Å². The average molecular weight is 490 g/mol. The van der Waals surface area contributed by atoms with Crippen molar-refractivity contribution in [1.82, 2.24) is 16.0 Å². The number of nitrogens with two attached hydrogens (primary N) is 4. The second-order valence-electron chi connectivity index (χ2n) is 7.03. The van der Waals surface area contributed by atoms with Crippen molar-refractivity contribution in [3.05, 3.63) is 0 Å². The molecule has 4 unspecified atom stereocenters. The Balaban J connectivity index is 5.55. The van der Waals surface area contributed by atoms with Crippen molar-refractivity contribution in [3.63, 3.8) is 0 Å². The second-order valence-corrected chi connectivity index (χ2v) is 7.03. The minimum absolute atomic E-state index is 0.0514. The molecule has 34 heavy (non-hydrogen) atoms. The van der Waals surface area contributed by atoms with E-state index < -0.39 is 79.2 Å². The third-order valence-electron chi connectivity index (χ3n) is 4.15. The summed E-state index contributed by atoms with van der Waals surface area (Å²) in [4.78, 5) is 74.2. The van der Waals surface area contributed by atoms with Crippen LogP contribution in [0.1, 0.15) is 25.7 Å². The number of nitrogens with zero attached hydrogens (tertiary/aromatic N) is 1. The van der Waals surface area contributed by atoms with Gasteiger partial charge in [-0.05, 0) is 12.8 Å². The lowest BCUT2D eigenvalue weighted by atomic mass is 10.1. The van der Waals surface area contributed by atoms with Crippen molar-refractivity contribution in [2.45, 2.75) is 49.9 Å². The first-order valence-electron chi connectivity index (χ1n) is 9.84. The van der Waals surface area contributed by atoms with Gasteiger partial charge in [-0.15, -0.1) is 0 Å². The number of carboxylic acid groups (broad SMARTS) is 2. The molecule has 0 aliphatic carbocycles. The molecule has 0 aromatic carbocycles. The molecule has 192 valence electrons. The molecule has 0 heterocycles. The van der Waals surface area contributed by atoms with Crippen LogP contribution in [-0.2, 0) is 28.8 Å². The van der Waals surface area contributed by atoms with Crippen LogP contribution in [0.25, 0.3) is 0 Å². The number of hydrogen-bond acceptors (Lipinski definition) is 9. The summed E-state index contributed by atoms with van der Waals surface area (Å²) in [6, 6.07) is -6.22. The third kappa shape index (κ3) is 12.2. The largest absolute Gasteiger partial charge is 0.481 e. The van der Waals surface area contributed by atoms with Crippen molar-refractivity contribution >= 4 is 41.5 Å². The molecule has 14 N–H and O–H groups in total. The number of aliphatic hydroxyl groups is 1. The molecule has 0 aliphatic rings. The van der Waals surface area contributed by atoms with Crippen LogP contribution in [0.4, 0.5) is 0 Å². The highest BCUT2D eigenvalue weighted by molar-refractivity contribution is 5.96. The second kappa shape index (κ2) is 15.0. The van der Waals surface area contributed by atoms with Gasteiger partial charge in [0.05, 0.1) is 25.5 Å². The number of primary amides is 1. The standard InChI is InChI=1S/C17H30N8O9/c18-7(4-12(28)29)13(30)24-9(5-11(19)27)15(32)23-8(2-1-3-22-17(20)21)14(31)25-10(6-26)16(33)34/h7-10,26H,1-6,18H2,(H2,19,27)(H,23,32)(H,24,30)(H,25,31)(H,28,29)(H,33,34)(H4,20,21,22). The van der Waals surface area contributed by atoms with Crippen LogP contribution in [0, 0.1) is 0 Å². The number of carbonyl (C=O) groups is 6. The minimum atomic E-state index is -1.67. The summed E-state index contributed by atoms with van der Waals surface area (Å²) in [5, 5.41) is 33.2. The van der Waals surface area contributed by atoms with Crippen molar-refractivity contribution in [1.29, 1.82) is 0 Å². The number of amides is 4. The Kier molecular flexibility index (Phi) is 13.2. The fourth-order valence-electron chi connectivity index (χ4n) is 2.47. The van der Waals surface area contributed by atoms with Gasteiger partial charge in [0.25, 0.3) is 0 Å². The Morgan fingerprint density at radius 2 is 1.32 bits per heavy atom. The van der Waals surface area contributed by atoms with E-state index in [1.165, 1.54) is 0 Å². The zero-order valence-electron chi connectivity index (χ0n) is 18.1. The molecule has 0 rings (SSSR count). The number of rotatable bonds is 16. The Labute approximate surface area is 193 Å². The number of aliphatic hydroxyl groups excluding tert-OH is 1. The highest BCUT2D eigenvalue weighted by atomic mass is 16.4. The zero-order valence-corrected chi connectivity index (χ0v) is 18.1. The third-order valence-corrected chi connectivity index (χ3v) is 4.15. The summed E-state index contributed by atoms with van der Waals surface area (Å²) in [6.07, 6.45) is -1.44. The Morgan fingerprint density at radius 1 is 0.794 bits per heavy atom. The first-order chi connectivity index (χ1) is 15.8. The molecule has 0 spiro atoms. The molecule has 0 saturated carbocycles. The van der Waals surface area contributed by atoms with Gasteiger partial charge < -0.3 is 54.2 Å². The first-order valence-corrected chi connectivity index (χ1v) is 9.84. The molecule has 0 aromatic rings. The minimum Gasteiger partial charge on any atom is -0.481 e. The molecule has 0 saturated heterocycles. The van der Waals surface area contributed by atoms with Gasteiger partial charge in [-0.3, -0.25) is 29.0 Å². The quantitative estimate of drug-likeness (QED) is 0.0549. The molecule has 0 bridgehead atoms. The van der Waals surface area contributed by atoms with Gasteiger partial charge >= 0.3 is 11.9 Å². The number of nitrogens with one attached hydrogen (secondary N) is 3. The number of guanidine groups is 1. The lowest BCUT2D eigenvalue weighted by molar-refractivity contribution is -0.143. The maximum absolute atomic E-state index is 12.7. The van der Waals surface area contributed by atoms with Crippen LogP contribution in [0.5, 0.6) is 0 Å². The van der Waals surface area contributed by atoms with E-state index in [1.807, 2.05) is 5.32 Å². The molecular weight excluding hydrogens is 460 g/mol. The van der Waals surface area contributed by atoms with Crippen LogP contribution in [0.3, 0.4) is 0 Å². The van der Waals surface area contributed by atoms with Gasteiger partial charge in [0.2, 0.25) is 23.6 Å². The van der Waals surface area contributed by atoms with Crippen LogP contribution in [-0.4, -0.2) is 94.2 Å². The molecule has 0 aliphatic heterocycles. The Hall–Kier alpha value is -3.99. The molecule has 17 nitrogen and oxygen atoms in total. The van der Waals surface area contributed by atoms with Crippen LogP contribution >= 0.6 is 0 Å². The summed E-state index contributed by atoms with van der Waals surface area (Å²) >= 11 is 0. The molecule has 0 aromatic heterocycles. The molecule has 4 atom stereocenters. The summed E-state index contributed by atoms with van der Waals surface area (Å²) in [6.45, 7) is -0.882. The molecule has 4 amide bonds. The zero-order chi connectivity index (χ0) is 26.4. The number of carboxylic acids is 2. The van der Waals surface area contributed by atoms with Gasteiger partial charge in [-0.25, -0.2) is 4.79 Å². The number of hydrogen-bond donors (Lipinski definition) is 10. The van der Waals surface area contributed by atoms with Crippen LogP contribution < -0.4 is 38.9 Å². The molecule has 0 fully saturated rings. The van der Waals surface area contributed by atoms with Crippen molar-refractivity contribution in [3.8, 4) is 0 Å². The normalized spacial score (nSPS) is 13.9. The topological polar surface area (TPSA) is 316 Å². The monoisotopic (exact) mass is 490 g/mol. The smallest absolute Gasteiger partial charge is 0.328 e. The Bertz CT molecular complexity index is 800. The average Bonchev–Trinajstić information content (AvgIpc) is 2.71. The maximum Gasteiger partial charge on any atom is 0.328 e. The van der Waals surface area contributed by atoms with E-state index >= 15 is 0 Å². The van der Waals surface area contributed by atoms with E-state index in [0.717, 1.165) is 0 Å². The molecule has 17 heteroatoms. The van der Waals surface area contributed by atoms with E-state index in [0.29, 0.717) is 0 Å². The SMILES string of the molecule is NC(=O)CC(NC(=O)C(N)CC(=O)O)C(=O)NC(CCCN=C(N)N)C(=O)NC(CO)C(=O)O. The van der Waals surface area contributed by atoms with Gasteiger partial charge in [-0.2, -0.15) is 0 Å². The molecular formula is C17H30N8O9. The predicted molar refractivity (Wildman–Crippen MR) is 114 cm³/mol. The fourth-order valence-corrected chi connectivity index (χ4v) is 2.47. The van der Waals surface area contributed by atoms with Gasteiger partial charge in [-0.1, -0.05) is 0 Å². The van der Waals surface area contributed by atoms with E-state index in [9.17, 15) is 28.8 Å². The Morgan fingerprint density at radius 3 is 1.79 bits per heavy atom. The summed E-state index contributed by atoms with van der Waals surface area (Å²) < 4.78 is 0. The lowest BCUT2D eigenvalue weighted by Crippen LogP contribution is -2.58. The van der Waals surface area contributed by atoms with Crippen molar-refractivity contribution < 1.29 is 44.1 Å². The number of aliphatic carboxylic acids is 2. The first kappa shape index (κ1) is 30.0. The van der Waals surface area contributed by atoms with Gasteiger partial charge in [0.15, 0.2) is 5.96 Å². The van der Waals surface area contributed by atoms with Crippen molar-refractivity contribution in [2.75, 3.05) is 13.2 Å². The van der Waals surface area contributed by atoms with E-state index in [-0.39, 0.29) is 25.3 Å². The summed E-state index contributed by atoms with van der Waals surface area (Å²) in [5.74, 6) is -7.27. The summed E-state index contributed by atoms with van der Waals surface area (Å²) in [5.41, 5.74) is 20.9.